The van der Waals surface area contributed by atoms with Crippen LogP contribution in [0.25, 0.3) is 10.9 Å². The van der Waals surface area contributed by atoms with E-state index in [1.54, 1.807) is 0 Å². The van der Waals surface area contributed by atoms with E-state index < -0.39 is 0 Å². The lowest BCUT2D eigenvalue weighted by molar-refractivity contribution is 0.294. The molecule has 2 rings (SSSR count). The van der Waals surface area contributed by atoms with Crippen molar-refractivity contribution in [2.45, 2.75) is 40.7 Å². The van der Waals surface area contributed by atoms with E-state index in [1.165, 1.54) is 0 Å². The van der Waals surface area contributed by atoms with E-state index in [9.17, 15) is 4.79 Å². The van der Waals surface area contributed by atoms with Crippen molar-refractivity contribution in [3.8, 4) is 5.75 Å². The van der Waals surface area contributed by atoms with Crippen molar-refractivity contribution in [3.05, 3.63) is 39.7 Å². The maximum Gasteiger partial charge on any atom is 0.194 e. The first-order valence-corrected chi connectivity index (χ1v) is 8.11. The number of aryl methyl sites for hydroxylation is 1. The molecule has 0 saturated heterocycles. The van der Waals surface area contributed by atoms with Gasteiger partial charge in [0.25, 0.3) is 0 Å². The Bertz CT molecular complexity index is 687. The van der Waals surface area contributed by atoms with Crippen LogP contribution in [0.3, 0.4) is 0 Å². The molecule has 0 spiro atoms. The van der Waals surface area contributed by atoms with Crippen molar-refractivity contribution >= 4 is 10.9 Å². The Morgan fingerprint density at radius 3 is 2.55 bits per heavy atom. The number of ether oxygens (including phenoxy) is 1. The first-order valence-electron chi connectivity index (χ1n) is 8.11. The predicted octanol–water partition coefficient (Wildman–Crippen LogP) is 3.47. The number of rotatable bonds is 7. The number of nitrogens with zero attached hydrogens (tertiary/aromatic N) is 1. The van der Waals surface area contributed by atoms with Crippen LogP contribution in [0.4, 0.5) is 0 Å². The molecule has 0 unspecified atom stereocenters. The lowest BCUT2D eigenvalue weighted by Gasteiger charge is -2.19. The first kappa shape index (κ1) is 16.6. The van der Waals surface area contributed by atoms with Crippen LogP contribution in [0.1, 0.15) is 38.4 Å². The molecule has 0 fully saturated rings. The van der Waals surface area contributed by atoms with Gasteiger partial charge in [-0.15, -0.1) is 0 Å². The molecule has 0 aliphatic heterocycles. The van der Waals surface area contributed by atoms with Crippen molar-refractivity contribution in [2.75, 3.05) is 19.7 Å². The van der Waals surface area contributed by atoms with E-state index in [0.29, 0.717) is 18.5 Å². The summed E-state index contributed by atoms with van der Waals surface area (Å²) in [5, 5.41) is 0.710. The molecule has 1 aromatic carbocycles. The van der Waals surface area contributed by atoms with Gasteiger partial charge in [-0.2, -0.15) is 0 Å². The minimum Gasteiger partial charge on any atom is -0.494 e. The van der Waals surface area contributed by atoms with Gasteiger partial charge in [-0.05, 0) is 44.6 Å². The Kier molecular flexibility index (Phi) is 5.61. The first-order chi connectivity index (χ1) is 10.6. The summed E-state index contributed by atoms with van der Waals surface area (Å²) < 4.78 is 5.65. The Balaban J connectivity index is 2.46. The number of nitrogens with one attached hydrogen (secondary N) is 1. The topological polar surface area (TPSA) is 45.3 Å². The van der Waals surface area contributed by atoms with E-state index in [-0.39, 0.29) is 5.43 Å². The predicted molar refractivity (Wildman–Crippen MR) is 91.7 cm³/mol. The second-order valence-electron chi connectivity index (χ2n) is 5.57. The highest BCUT2D eigenvalue weighted by molar-refractivity contribution is 5.81. The van der Waals surface area contributed by atoms with E-state index in [4.69, 9.17) is 4.74 Å². The summed E-state index contributed by atoms with van der Waals surface area (Å²) in [5.41, 5.74) is 2.78. The lowest BCUT2D eigenvalue weighted by atomic mass is 10.1. The average molecular weight is 302 g/mol. The smallest absolute Gasteiger partial charge is 0.194 e. The zero-order valence-corrected chi connectivity index (χ0v) is 14.0. The van der Waals surface area contributed by atoms with Crippen molar-refractivity contribution < 1.29 is 4.74 Å². The second-order valence-corrected chi connectivity index (χ2v) is 5.57. The Morgan fingerprint density at radius 2 is 1.91 bits per heavy atom. The molecule has 1 N–H and O–H groups in total. The maximum absolute atomic E-state index is 12.8. The molecule has 2 aromatic rings. The van der Waals surface area contributed by atoms with Gasteiger partial charge >= 0.3 is 0 Å². The molecule has 0 saturated carbocycles. The average Bonchev–Trinajstić information content (AvgIpc) is 2.53. The minimum absolute atomic E-state index is 0.111. The lowest BCUT2D eigenvalue weighted by Crippen LogP contribution is -2.27. The van der Waals surface area contributed by atoms with Gasteiger partial charge in [-0.3, -0.25) is 9.69 Å². The third-order valence-electron chi connectivity index (χ3n) is 4.03. The third-order valence-corrected chi connectivity index (χ3v) is 4.03. The van der Waals surface area contributed by atoms with E-state index in [2.05, 4.69) is 30.7 Å². The SMILES string of the molecule is CCCOc1ccc2[nH]c(C)c(CN(CC)CC)c(=O)c2c1. The highest BCUT2D eigenvalue weighted by atomic mass is 16.5. The summed E-state index contributed by atoms with van der Waals surface area (Å²) in [5.74, 6) is 0.762. The number of benzene rings is 1. The van der Waals surface area contributed by atoms with Crippen LogP contribution in [0, 0.1) is 6.92 Å². The van der Waals surface area contributed by atoms with Crippen LogP contribution in [0.2, 0.25) is 0 Å². The summed E-state index contributed by atoms with van der Waals surface area (Å²) in [6, 6.07) is 5.70. The number of fused-ring (bicyclic) bond motifs is 1. The van der Waals surface area contributed by atoms with Gasteiger partial charge in [0.2, 0.25) is 0 Å². The number of aromatic nitrogens is 1. The highest BCUT2D eigenvalue weighted by Crippen LogP contribution is 2.19. The zero-order valence-electron chi connectivity index (χ0n) is 14.0. The summed E-state index contributed by atoms with van der Waals surface area (Å²) in [7, 11) is 0. The van der Waals surface area contributed by atoms with E-state index in [0.717, 1.165) is 42.0 Å². The number of H-pyrrole nitrogens is 1. The maximum atomic E-state index is 12.8. The highest BCUT2D eigenvalue weighted by Gasteiger charge is 2.12. The van der Waals surface area contributed by atoms with E-state index in [1.807, 2.05) is 25.1 Å². The molecule has 1 heterocycles. The number of aromatic amines is 1. The molecular weight excluding hydrogens is 276 g/mol. The van der Waals surface area contributed by atoms with Crippen molar-refractivity contribution in [3.63, 3.8) is 0 Å². The minimum atomic E-state index is 0.111. The third kappa shape index (κ3) is 3.50. The van der Waals surface area contributed by atoms with Crippen LogP contribution in [0.15, 0.2) is 23.0 Å². The monoisotopic (exact) mass is 302 g/mol. The van der Waals surface area contributed by atoms with Gasteiger partial charge < -0.3 is 9.72 Å². The molecule has 0 radical (unpaired) electrons. The number of hydrogen-bond acceptors (Lipinski definition) is 3. The van der Waals surface area contributed by atoms with Gasteiger partial charge in [0, 0.05) is 28.7 Å². The van der Waals surface area contributed by atoms with Crippen molar-refractivity contribution in [1.29, 1.82) is 0 Å². The van der Waals surface area contributed by atoms with Crippen LogP contribution >= 0.6 is 0 Å². The van der Waals surface area contributed by atoms with Gasteiger partial charge in [0.1, 0.15) is 5.75 Å². The second kappa shape index (κ2) is 7.45. The molecule has 0 atom stereocenters. The molecule has 0 aliphatic carbocycles. The van der Waals surface area contributed by atoms with Crippen LogP contribution in [-0.2, 0) is 6.54 Å². The molecule has 1 aromatic heterocycles. The fourth-order valence-electron chi connectivity index (χ4n) is 2.60. The Hall–Kier alpha value is -1.81. The molecule has 120 valence electrons. The molecule has 0 bridgehead atoms. The summed E-state index contributed by atoms with van der Waals surface area (Å²) in [4.78, 5) is 18.4. The molecular formula is C18H26N2O2. The Labute approximate surface area is 132 Å². The normalized spacial score (nSPS) is 11.3. The Morgan fingerprint density at radius 1 is 1.18 bits per heavy atom. The summed E-state index contributed by atoms with van der Waals surface area (Å²) in [6.45, 7) is 11.5. The van der Waals surface area contributed by atoms with Crippen molar-refractivity contribution in [2.24, 2.45) is 0 Å². The quantitative estimate of drug-likeness (QED) is 0.852. The van der Waals surface area contributed by atoms with Gasteiger partial charge in [0.05, 0.1) is 6.61 Å². The number of pyridine rings is 1. The van der Waals surface area contributed by atoms with Gasteiger partial charge in [0.15, 0.2) is 5.43 Å². The fraction of sp³-hybridized carbons (Fsp3) is 0.500. The van der Waals surface area contributed by atoms with Gasteiger partial charge in [-0.25, -0.2) is 0 Å². The summed E-state index contributed by atoms with van der Waals surface area (Å²) >= 11 is 0. The van der Waals surface area contributed by atoms with Gasteiger partial charge in [-0.1, -0.05) is 20.8 Å². The number of hydrogen-bond donors (Lipinski definition) is 1. The van der Waals surface area contributed by atoms with Crippen LogP contribution in [-0.4, -0.2) is 29.6 Å². The summed E-state index contributed by atoms with van der Waals surface area (Å²) in [6.07, 6.45) is 0.954. The molecule has 4 nitrogen and oxygen atoms in total. The standard InChI is InChI=1S/C18H26N2O2/c1-5-10-22-14-8-9-17-15(11-14)18(21)16(13(4)19-17)12-20(6-2)7-3/h8-9,11H,5-7,10,12H2,1-4H3,(H,19,21). The molecule has 4 heteroatoms. The fourth-order valence-corrected chi connectivity index (χ4v) is 2.60. The van der Waals surface area contributed by atoms with Crippen molar-refractivity contribution in [1.82, 2.24) is 9.88 Å². The zero-order chi connectivity index (χ0) is 16.1. The molecule has 22 heavy (non-hydrogen) atoms. The van der Waals surface area contributed by atoms with E-state index >= 15 is 0 Å². The molecule has 0 aliphatic rings. The van der Waals surface area contributed by atoms with Crippen LogP contribution in [0.5, 0.6) is 5.75 Å². The van der Waals surface area contributed by atoms with Crippen LogP contribution < -0.4 is 10.2 Å². The largest absolute Gasteiger partial charge is 0.494 e. The molecule has 0 amide bonds.